The van der Waals surface area contributed by atoms with Crippen molar-refractivity contribution in [3.63, 3.8) is 0 Å². The summed E-state index contributed by atoms with van der Waals surface area (Å²) >= 11 is 0. The summed E-state index contributed by atoms with van der Waals surface area (Å²) in [6, 6.07) is 9.46. The zero-order chi connectivity index (χ0) is 17.7. The van der Waals surface area contributed by atoms with Crippen LogP contribution in [0.3, 0.4) is 0 Å². The van der Waals surface area contributed by atoms with E-state index in [4.69, 9.17) is 9.47 Å². The minimum Gasteiger partial charge on any atom is -0.493 e. The number of methoxy groups -OCH3 is 2. The fourth-order valence-electron chi connectivity index (χ4n) is 2.10. The van der Waals surface area contributed by atoms with Gasteiger partial charge >= 0.3 is 6.18 Å². The van der Waals surface area contributed by atoms with Crippen molar-refractivity contribution in [1.29, 1.82) is 0 Å². The lowest BCUT2D eigenvalue weighted by atomic mass is 10.1. The highest BCUT2D eigenvalue weighted by molar-refractivity contribution is 5.98. The smallest absolute Gasteiger partial charge is 0.418 e. The molecular weight excluding hydrogens is 325 g/mol. The van der Waals surface area contributed by atoms with E-state index >= 15 is 0 Å². The number of para-hydroxylation sites is 2. The number of hydrogen-bond acceptors (Lipinski definition) is 4. The number of nitrogens with one attached hydrogen (secondary N) is 2. The second-order valence-electron chi connectivity index (χ2n) is 4.66. The molecule has 2 N–H and O–H groups in total. The van der Waals surface area contributed by atoms with Crippen LogP contribution in [-0.4, -0.2) is 20.1 Å². The highest BCUT2D eigenvalue weighted by Gasteiger charge is 2.33. The Morgan fingerprint density at radius 1 is 1.00 bits per heavy atom. The molecule has 0 bridgehead atoms. The highest BCUT2D eigenvalue weighted by atomic mass is 19.4. The van der Waals surface area contributed by atoms with Crippen molar-refractivity contribution in [1.82, 2.24) is 5.43 Å². The summed E-state index contributed by atoms with van der Waals surface area (Å²) in [4.78, 5) is 12.2. The summed E-state index contributed by atoms with van der Waals surface area (Å²) in [6.45, 7) is 0. The minimum atomic E-state index is -4.54. The normalized spacial score (nSPS) is 10.9. The molecule has 0 aliphatic heterocycles. The van der Waals surface area contributed by atoms with E-state index in [2.05, 4.69) is 10.9 Å². The van der Waals surface area contributed by atoms with Crippen LogP contribution in [0.25, 0.3) is 0 Å². The van der Waals surface area contributed by atoms with Gasteiger partial charge in [-0.25, -0.2) is 0 Å². The average Bonchev–Trinajstić information content (AvgIpc) is 2.58. The number of benzene rings is 2. The van der Waals surface area contributed by atoms with Gasteiger partial charge in [-0.05, 0) is 24.3 Å². The summed E-state index contributed by atoms with van der Waals surface area (Å²) in [5.41, 5.74) is 3.49. The summed E-state index contributed by atoms with van der Waals surface area (Å²) < 4.78 is 49.0. The number of hydrogen-bond donors (Lipinski definition) is 2. The zero-order valence-electron chi connectivity index (χ0n) is 12.9. The summed E-state index contributed by atoms with van der Waals surface area (Å²) in [5.74, 6) is -0.146. The molecule has 2 rings (SSSR count). The van der Waals surface area contributed by atoms with Crippen molar-refractivity contribution >= 4 is 11.6 Å². The summed E-state index contributed by atoms with van der Waals surface area (Å²) in [7, 11) is 2.78. The SMILES string of the molecule is COc1cccc(C(=O)NNc2ccccc2C(F)(F)F)c1OC. The van der Waals surface area contributed by atoms with Crippen molar-refractivity contribution < 1.29 is 27.4 Å². The number of hydrazine groups is 1. The van der Waals surface area contributed by atoms with Crippen molar-refractivity contribution in [3.05, 3.63) is 53.6 Å². The van der Waals surface area contributed by atoms with Gasteiger partial charge in [-0.15, -0.1) is 0 Å². The molecule has 5 nitrogen and oxygen atoms in total. The number of halogens is 3. The third-order valence-corrected chi connectivity index (χ3v) is 3.19. The molecule has 2 aromatic rings. The quantitative estimate of drug-likeness (QED) is 0.818. The monoisotopic (exact) mass is 340 g/mol. The lowest BCUT2D eigenvalue weighted by Crippen LogP contribution is -2.30. The number of rotatable bonds is 5. The van der Waals surface area contributed by atoms with Crippen LogP contribution < -0.4 is 20.3 Å². The maximum absolute atomic E-state index is 12.9. The Morgan fingerprint density at radius 2 is 1.71 bits per heavy atom. The van der Waals surface area contributed by atoms with E-state index in [1.165, 1.54) is 38.5 Å². The molecule has 0 aromatic heterocycles. The topological polar surface area (TPSA) is 59.6 Å². The molecule has 0 fully saturated rings. The van der Waals surface area contributed by atoms with Crippen LogP contribution in [0.4, 0.5) is 18.9 Å². The Kier molecular flexibility index (Phi) is 5.18. The maximum Gasteiger partial charge on any atom is 0.418 e. The molecule has 8 heteroatoms. The van der Waals surface area contributed by atoms with Crippen LogP contribution in [0.1, 0.15) is 15.9 Å². The number of ether oxygens (including phenoxy) is 2. The first-order valence-electron chi connectivity index (χ1n) is 6.82. The molecule has 0 saturated heterocycles. The minimum absolute atomic E-state index is 0.119. The third kappa shape index (κ3) is 3.70. The largest absolute Gasteiger partial charge is 0.493 e. The molecule has 24 heavy (non-hydrogen) atoms. The first kappa shape index (κ1) is 17.5. The zero-order valence-corrected chi connectivity index (χ0v) is 12.9. The van der Waals surface area contributed by atoms with Crippen molar-refractivity contribution in [2.75, 3.05) is 19.6 Å². The highest BCUT2D eigenvalue weighted by Crippen LogP contribution is 2.34. The first-order chi connectivity index (χ1) is 11.4. The van der Waals surface area contributed by atoms with Gasteiger partial charge in [0.2, 0.25) is 0 Å². The standard InChI is InChI=1S/C16H15F3N2O3/c1-23-13-9-5-6-10(14(13)24-2)15(22)21-20-12-8-4-3-7-11(12)16(17,18)19/h3-9,20H,1-2H3,(H,21,22). The van der Waals surface area contributed by atoms with Gasteiger partial charge in [-0.2, -0.15) is 13.2 Å². The first-order valence-corrected chi connectivity index (χ1v) is 6.82. The van der Waals surface area contributed by atoms with Gasteiger partial charge in [0.05, 0.1) is 31.0 Å². The Balaban J connectivity index is 2.21. The van der Waals surface area contributed by atoms with Crippen LogP contribution in [0.5, 0.6) is 11.5 Å². The predicted octanol–water partition coefficient (Wildman–Crippen LogP) is 3.48. The van der Waals surface area contributed by atoms with E-state index in [-0.39, 0.29) is 17.0 Å². The lowest BCUT2D eigenvalue weighted by Gasteiger charge is -2.16. The Labute approximate surface area is 136 Å². The average molecular weight is 340 g/mol. The van der Waals surface area contributed by atoms with Gasteiger partial charge < -0.3 is 9.47 Å². The molecule has 0 saturated carbocycles. The van der Waals surface area contributed by atoms with E-state index in [1.54, 1.807) is 12.1 Å². The molecule has 0 aliphatic rings. The van der Waals surface area contributed by atoms with Gasteiger partial charge in [0, 0.05) is 0 Å². The Hall–Kier alpha value is -2.90. The number of amides is 1. The number of carbonyl (C=O) groups excluding carboxylic acids is 1. The van der Waals surface area contributed by atoms with Crippen LogP contribution in [0, 0.1) is 0 Å². The van der Waals surface area contributed by atoms with E-state index in [0.717, 1.165) is 6.07 Å². The van der Waals surface area contributed by atoms with Gasteiger partial charge in [0.15, 0.2) is 11.5 Å². The van der Waals surface area contributed by atoms with Gasteiger partial charge in [0.25, 0.3) is 5.91 Å². The molecular formula is C16H15F3N2O3. The second kappa shape index (κ2) is 7.12. The fraction of sp³-hybridized carbons (Fsp3) is 0.188. The summed E-state index contributed by atoms with van der Waals surface area (Å²) in [5, 5.41) is 0. The lowest BCUT2D eigenvalue weighted by molar-refractivity contribution is -0.137. The molecule has 0 aliphatic carbocycles. The van der Waals surface area contributed by atoms with E-state index in [9.17, 15) is 18.0 Å². The van der Waals surface area contributed by atoms with Crippen LogP contribution in [0.2, 0.25) is 0 Å². The van der Waals surface area contributed by atoms with Crippen LogP contribution >= 0.6 is 0 Å². The molecule has 0 atom stereocenters. The number of carbonyl (C=O) groups is 1. The van der Waals surface area contributed by atoms with E-state index in [0.29, 0.717) is 5.75 Å². The van der Waals surface area contributed by atoms with Crippen LogP contribution in [-0.2, 0) is 6.18 Å². The van der Waals surface area contributed by atoms with Crippen LogP contribution in [0.15, 0.2) is 42.5 Å². The van der Waals surface area contributed by atoms with Gasteiger partial charge in [0.1, 0.15) is 0 Å². The maximum atomic E-state index is 12.9. The molecule has 0 unspecified atom stereocenters. The second-order valence-corrected chi connectivity index (χ2v) is 4.66. The molecule has 0 spiro atoms. The number of anilines is 1. The molecule has 1 amide bonds. The summed E-state index contributed by atoms with van der Waals surface area (Å²) in [6.07, 6.45) is -4.54. The van der Waals surface area contributed by atoms with E-state index in [1.807, 2.05) is 0 Å². The van der Waals surface area contributed by atoms with Crippen molar-refractivity contribution in [3.8, 4) is 11.5 Å². The molecule has 128 valence electrons. The van der Waals surface area contributed by atoms with Gasteiger partial charge in [-0.3, -0.25) is 15.6 Å². The van der Waals surface area contributed by atoms with Crippen molar-refractivity contribution in [2.45, 2.75) is 6.18 Å². The Bertz CT molecular complexity index is 733. The predicted molar refractivity (Wildman–Crippen MR) is 82.1 cm³/mol. The van der Waals surface area contributed by atoms with E-state index < -0.39 is 17.6 Å². The molecule has 2 aromatic carbocycles. The molecule has 0 heterocycles. The fourth-order valence-corrected chi connectivity index (χ4v) is 2.10. The van der Waals surface area contributed by atoms with Crippen molar-refractivity contribution in [2.24, 2.45) is 0 Å². The third-order valence-electron chi connectivity index (χ3n) is 3.19. The van der Waals surface area contributed by atoms with Gasteiger partial charge in [-0.1, -0.05) is 18.2 Å². The molecule has 0 radical (unpaired) electrons. The number of alkyl halides is 3. The Morgan fingerprint density at radius 3 is 2.33 bits per heavy atom.